The third kappa shape index (κ3) is 4.66. The van der Waals surface area contributed by atoms with Gasteiger partial charge in [0.1, 0.15) is 0 Å². The van der Waals surface area contributed by atoms with Gasteiger partial charge < -0.3 is 5.32 Å². The summed E-state index contributed by atoms with van der Waals surface area (Å²) in [6.45, 7) is 8.64. The Morgan fingerprint density at radius 2 is 1.60 bits per heavy atom. The van der Waals surface area contributed by atoms with E-state index in [4.69, 9.17) is 0 Å². The molecular weight excluding hydrogens is 246 g/mol. The highest BCUT2D eigenvalue weighted by Crippen LogP contribution is 2.14. The van der Waals surface area contributed by atoms with Crippen LogP contribution in [0.15, 0.2) is 18.2 Å². The number of hydrogen-bond acceptors (Lipinski definition) is 1. The minimum atomic E-state index is 0.0780. The maximum atomic E-state index is 12.4. The second-order valence-electron chi connectivity index (χ2n) is 5.44. The largest absolute Gasteiger partial charge is 0.349 e. The summed E-state index contributed by atoms with van der Waals surface area (Å²) in [5.41, 5.74) is 3.45. The number of aryl methyl sites for hydroxylation is 2. The molecule has 0 aliphatic heterocycles. The molecule has 2 nitrogen and oxygen atoms in total. The Hall–Kier alpha value is -1.31. The van der Waals surface area contributed by atoms with Gasteiger partial charge in [-0.2, -0.15) is 0 Å². The van der Waals surface area contributed by atoms with E-state index in [9.17, 15) is 4.79 Å². The van der Waals surface area contributed by atoms with Gasteiger partial charge in [0.25, 0.3) is 5.91 Å². The predicted molar refractivity (Wildman–Crippen MR) is 86.3 cm³/mol. The summed E-state index contributed by atoms with van der Waals surface area (Å²) in [4.78, 5) is 12.4. The average Bonchev–Trinajstić information content (AvgIpc) is 2.46. The number of nitrogens with one attached hydrogen (secondary N) is 1. The summed E-state index contributed by atoms with van der Waals surface area (Å²) in [6, 6.07) is 6.43. The first kappa shape index (κ1) is 16.7. The average molecular weight is 275 g/mol. The van der Waals surface area contributed by atoms with Crippen molar-refractivity contribution in [2.45, 2.75) is 72.3 Å². The van der Waals surface area contributed by atoms with Gasteiger partial charge in [-0.25, -0.2) is 0 Å². The van der Waals surface area contributed by atoms with Crippen molar-refractivity contribution in [1.82, 2.24) is 5.32 Å². The molecule has 1 aromatic rings. The van der Waals surface area contributed by atoms with Crippen LogP contribution in [0, 0.1) is 0 Å². The molecule has 0 spiro atoms. The van der Waals surface area contributed by atoms with E-state index in [1.54, 1.807) is 0 Å². The first-order valence-electron chi connectivity index (χ1n) is 8.08. The molecule has 0 aliphatic carbocycles. The number of hydrogen-bond donors (Lipinski definition) is 1. The number of amides is 1. The van der Waals surface area contributed by atoms with Crippen LogP contribution in [0.25, 0.3) is 0 Å². The number of carbonyl (C=O) groups is 1. The second-order valence-corrected chi connectivity index (χ2v) is 5.44. The molecule has 0 saturated carbocycles. The molecule has 0 aromatic heterocycles. The summed E-state index contributed by atoms with van der Waals surface area (Å²) in [6.07, 6.45) is 6.36. The fourth-order valence-corrected chi connectivity index (χ4v) is 2.70. The topological polar surface area (TPSA) is 29.1 Å². The quantitative estimate of drug-likeness (QED) is 0.743. The fraction of sp³-hybridized carbons (Fsp3) is 0.611. The Morgan fingerprint density at radius 1 is 1.00 bits per heavy atom. The summed E-state index contributed by atoms with van der Waals surface area (Å²) < 4.78 is 0. The zero-order chi connectivity index (χ0) is 15.0. The van der Waals surface area contributed by atoms with E-state index in [1.165, 1.54) is 11.1 Å². The number of benzene rings is 1. The smallest absolute Gasteiger partial charge is 0.251 e. The molecule has 20 heavy (non-hydrogen) atoms. The Kier molecular flexibility index (Phi) is 7.35. The standard InChI is InChI=1S/C18H29NO/c1-5-9-17(10-6-2)19-18(20)16-12-11-14(7-3)15(8-4)13-16/h11-13,17H,5-10H2,1-4H3,(H,19,20). The minimum absolute atomic E-state index is 0.0780. The molecule has 0 radical (unpaired) electrons. The van der Waals surface area contributed by atoms with E-state index in [0.29, 0.717) is 6.04 Å². The van der Waals surface area contributed by atoms with E-state index in [2.05, 4.69) is 45.1 Å². The van der Waals surface area contributed by atoms with Gasteiger partial charge in [-0.1, -0.05) is 46.6 Å². The van der Waals surface area contributed by atoms with Gasteiger partial charge >= 0.3 is 0 Å². The van der Waals surface area contributed by atoms with Crippen LogP contribution in [0.5, 0.6) is 0 Å². The Labute approximate surface area is 124 Å². The fourth-order valence-electron chi connectivity index (χ4n) is 2.70. The van der Waals surface area contributed by atoms with Gasteiger partial charge in [-0.15, -0.1) is 0 Å². The zero-order valence-corrected chi connectivity index (χ0v) is 13.5. The first-order chi connectivity index (χ1) is 9.65. The molecule has 1 N–H and O–H groups in total. The van der Waals surface area contributed by atoms with Crippen LogP contribution < -0.4 is 5.32 Å². The van der Waals surface area contributed by atoms with Crippen molar-refractivity contribution in [3.63, 3.8) is 0 Å². The van der Waals surface area contributed by atoms with Crippen molar-refractivity contribution in [1.29, 1.82) is 0 Å². The van der Waals surface area contributed by atoms with Crippen molar-refractivity contribution < 1.29 is 4.79 Å². The Bertz CT molecular complexity index is 419. The molecule has 112 valence electrons. The molecule has 1 rings (SSSR count). The van der Waals surface area contributed by atoms with Gasteiger partial charge in [0.2, 0.25) is 0 Å². The number of rotatable bonds is 8. The van der Waals surface area contributed by atoms with Gasteiger partial charge in [0.05, 0.1) is 0 Å². The van der Waals surface area contributed by atoms with E-state index in [-0.39, 0.29) is 5.91 Å². The van der Waals surface area contributed by atoms with Crippen LogP contribution in [-0.4, -0.2) is 11.9 Å². The highest BCUT2D eigenvalue weighted by molar-refractivity contribution is 5.94. The highest BCUT2D eigenvalue weighted by atomic mass is 16.1. The summed E-state index contributed by atoms with van der Waals surface area (Å²) >= 11 is 0. The van der Waals surface area contributed by atoms with E-state index >= 15 is 0 Å². The monoisotopic (exact) mass is 275 g/mol. The molecule has 2 heteroatoms. The lowest BCUT2D eigenvalue weighted by atomic mass is 9.99. The predicted octanol–water partition coefficient (Wildman–Crippen LogP) is 4.51. The normalized spacial score (nSPS) is 10.8. The summed E-state index contributed by atoms with van der Waals surface area (Å²) in [5, 5.41) is 3.18. The van der Waals surface area contributed by atoms with Crippen molar-refractivity contribution >= 4 is 5.91 Å². The van der Waals surface area contributed by atoms with Crippen LogP contribution in [0.4, 0.5) is 0 Å². The molecule has 1 aromatic carbocycles. The van der Waals surface area contributed by atoms with E-state index in [1.807, 2.05) is 6.07 Å². The van der Waals surface area contributed by atoms with Gasteiger partial charge in [0.15, 0.2) is 0 Å². The van der Waals surface area contributed by atoms with Crippen LogP contribution in [-0.2, 0) is 12.8 Å². The minimum Gasteiger partial charge on any atom is -0.349 e. The maximum absolute atomic E-state index is 12.4. The molecule has 0 unspecified atom stereocenters. The lowest BCUT2D eigenvalue weighted by molar-refractivity contribution is 0.0932. The first-order valence-corrected chi connectivity index (χ1v) is 8.08. The van der Waals surface area contributed by atoms with Crippen molar-refractivity contribution in [3.8, 4) is 0 Å². The molecule has 0 saturated heterocycles. The van der Waals surface area contributed by atoms with E-state index in [0.717, 1.165) is 44.1 Å². The summed E-state index contributed by atoms with van der Waals surface area (Å²) in [5.74, 6) is 0.0780. The van der Waals surface area contributed by atoms with Crippen LogP contribution in [0.2, 0.25) is 0 Å². The molecule has 0 fully saturated rings. The molecule has 1 amide bonds. The third-order valence-corrected chi connectivity index (χ3v) is 3.84. The Balaban J connectivity index is 2.80. The Morgan fingerprint density at radius 3 is 2.10 bits per heavy atom. The van der Waals surface area contributed by atoms with Crippen LogP contribution in [0.1, 0.15) is 74.9 Å². The summed E-state index contributed by atoms with van der Waals surface area (Å²) in [7, 11) is 0. The molecule has 0 aliphatic rings. The van der Waals surface area contributed by atoms with Gasteiger partial charge in [-0.3, -0.25) is 4.79 Å². The lowest BCUT2D eigenvalue weighted by Crippen LogP contribution is -2.34. The highest BCUT2D eigenvalue weighted by Gasteiger charge is 2.13. The third-order valence-electron chi connectivity index (χ3n) is 3.84. The zero-order valence-electron chi connectivity index (χ0n) is 13.5. The molecule has 0 heterocycles. The van der Waals surface area contributed by atoms with Crippen LogP contribution >= 0.6 is 0 Å². The van der Waals surface area contributed by atoms with Gasteiger partial charge in [-0.05, 0) is 48.9 Å². The van der Waals surface area contributed by atoms with Crippen molar-refractivity contribution in [2.24, 2.45) is 0 Å². The molecular formula is C18H29NO. The molecule has 0 bridgehead atoms. The van der Waals surface area contributed by atoms with Crippen molar-refractivity contribution in [2.75, 3.05) is 0 Å². The lowest BCUT2D eigenvalue weighted by Gasteiger charge is -2.18. The number of carbonyl (C=O) groups excluding carboxylic acids is 1. The maximum Gasteiger partial charge on any atom is 0.251 e. The second kappa shape index (κ2) is 8.78. The van der Waals surface area contributed by atoms with Crippen molar-refractivity contribution in [3.05, 3.63) is 34.9 Å². The molecule has 0 atom stereocenters. The van der Waals surface area contributed by atoms with Gasteiger partial charge in [0, 0.05) is 11.6 Å². The van der Waals surface area contributed by atoms with E-state index < -0.39 is 0 Å². The van der Waals surface area contributed by atoms with Crippen LogP contribution in [0.3, 0.4) is 0 Å². The SMILES string of the molecule is CCCC(CCC)NC(=O)c1ccc(CC)c(CC)c1.